The van der Waals surface area contributed by atoms with E-state index in [1.165, 1.54) is 0 Å². The standard InChI is InChI=1S/C17H29N3O3/c1-5-18-17(19-11-7-6-8-12-21-2)20-14-9-10-15(22-3)16(13-14)23-4/h9-10,13H,5-8,11-12H2,1-4H3,(H2,18,19,20). The lowest BCUT2D eigenvalue weighted by molar-refractivity contribution is 0.192. The van der Waals surface area contributed by atoms with E-state index in [4.69, 9.17) is 14.2 Å². The number of methoxy groups -OCH3 is 3. The summed E-state index contributed by atoms with van der Waals surface area (Å²) in [5, 5.41) is 6.53. The fraction of sp³-hybridized carbons (Fsp3) is 0.588. The minimum Gasteiger partial charge on any atom is -0.493 e. The number of nitrogens with zero attached hydrogens (tertiary/aromatic N) is 1. The van der Waals surface area contributed by atoms with Crippen LogP contribution in [0.3, 0.4) is 0 Å². The molecule has 6 nitrogen and oxygen atoms in total. The lowest BCUT2D eigenvalue weighted by atomic mass is 10.2. The van der Waals surface area contributed by atoms with E-state index in [2.05, 4.69) is 15.6 Å². The third kappa shape index (κ3) is 7.23. The van der Waals surface area contributed by atoms with Gasteiger partial charge in [0.15, 0.2) is 17.5 Å². The molecule has 0 aliphatic heterocycles. The summed E-state index contributed by atoms with van der Waals surface area (Å²) in [7, 11) is 4.98. The third-order valence-electron chi connectivity index (χ3n) is 3.27. The zero-order chi connectivity index (χ0) is 16.9. The Labute approximate surface area is 139 Å². The van der Waals surface area contributed by atoms with Crippen molar-refractivity contribution < 1.29 is 14.2 Å². The van der Waals surface area contributed by atoms with Gasteiger partial charge in [0, 0.05) is 38.6 Å². The van der Waals surface area contributed by atoms with Gasteiger partial charge in [-0.2, -0.15) is 0 Å². The summed E-state index contributed by atoms with van der Waals surface area (Å²) in [5.41, 5.74) is 0.904. The van der Waals surface area contributed by atoms with Gasteiger partial charge in [0.05, 0.1) is 14.2 Å². The summed E-state index contributed by atoms with van der Waals surface area (Å²) in [6.07, 6.45) is 3.24. The number of rotatable bonds is 10. The van der Waals surface area contributed by atoms with Crippen LogP contribution in [0, 0.1) is 0 Å². The molecule has 0 aliphatic carbocycles. The Hall–Kier alpha value is -1.95. The summed E-state index contributed by atoms with van der Waals surface area (Å²) in [5.74, 6) is 2.16. The Kier molecular flexibility index (Phi) is 9.63. The summed E-state index contributed by atoms with van der Waals surface area (Å²) < 4.78 is 15.6. The van der Waals surface area contributed by atoms with Crippen LogP contribution < -0.4 is 20.1 Å². The molecule has 0 amide bonds. The maximum absolute atomic E-state index is 5.32. The van der Waals surface area contributed by atoms with Crippen LogP contribution in [0.15, 0.2) is 23.2 Å². The van der Waals surface area contributed by atoms with Crippen LogP contribution in [0.2, 0.25) is 0 Å². The molecule has 0 radical (unpaired) electrons. The topological polar surface area (TPSA) is 64.1 Å². The molecule has 1 rings (SSSR count). The number of ether oxygens (including phenoxy) is 3. The predicted octanol–water partition coefficient (Wildman–Crippen LogP) is 2.90. The highest BCUT2D eigenvalue weighted by Gasteiger charge is 2.06. The van der Waals surface area contributed by atoms with E-state index in [9.17, 15) is 0 Å². The van der Waals surface area contributed by atoms with Crippen molar-refractivity contribution in [2.75, 3.05) is 46.3 Å². The van der Waals surface area contributed by atoms with Crippen LogP contribution in [-0.4, -0.2) is 47.0 Å². The first-order chi connectivity index (χ1) is 11.2. The van der Waals surface area contributed by atoms with Gasteiger partial charge in [-0.1, -0.05) is 0 Å². The first-order valence-corrected chi connectivity index (χ1v) is 8.01. The second-order valence-corrected chi connectivity index (χ2v) is 5.01. The highest BCUT2D eigenvalue weighted by atomic mass is 16.5. The molecule has 0 heterocycles. The normalized spacial score (nSPS) is 11.2. The molecule has 23 heavy (non-hydrogen) atoms. The van der Waals surface area contributed by atoms with Crippen LogP contribution in [0.5, 0.6) is 11.5 Å². The zero-order valence-electron chi connectivity index (χ0n) is 14.6. The van der Waals surface area contributed by atoms with Gasteiger partial charge in [-0.05, 0) is 38.3 Å². The Bertz CT molecular complexity index is 478. The molecule has 2 N–H and O–H groups in total. The van der Waals surface area contributed by atoms with Crippen LogP contribution in [0.4, 0.5) is 5.69 Å². The highest BCUT2D eigenvalue weighted by molar-refractivity contribution is 5.93. The summed E-state index contributed by atoms with van der Waals surface area (Å²) >= 11 is 0. The Morgan fingerprint density at radius 1 is 1.04 bits per heavy atom. The van der Waals surface area contributed by atoms with Gasteiger partial charge in [0.2, 0.25) is 0 Å². The molecule has 0 bridgehead atoms. The Morgan fingerprint density at radius 2 is 1.83 bits per heavy atom. The fourth-order valence-corrected chi connectivity index (χ4v) is 2.08. The van der Waals surface area contributed by atoms with Gasteiger partial charge in [-0.15, -0.1) is 0 Å². The molecular weight excluding hydrogens is 294 g/mol. The number of aliphatic imine (C=N–C) groups is 1. The van der Waals surface area contributed by atoms with Gasteiger partial charge in [0.25, 0.3) is 0 Å². The van der Waals surface area contributed by atoms with E-state index in [0.29, 0.717) is 11.5 Å². The van der Waals surface area contributed by atoms with E-state index in [0.717, 1.165) is 50.6 Å². The highest BCUT2D eigenvalue weighted by Crippen LogP contribution is 2.29. The number of unbranched alkanes of at least 4 members (excludes halogenated alkanes) is 2. The molecule has 0 fully saturated rings. The van der Waals surface area contributed by atoms with Crippen molar-refractivity contribution in [1.82, 2.24) is 5.32 Å². The first-order valence-electron chi connectivity index (χ1n) is 8.01. The quantitative estimate of drug-likeness (QED) is 0.394. The van der Waals surface area contributed by atoms with Crippen molar-refractivity contribution in [1.29, 1.82) is 0 Å². The fourth-order valence-electron chi connectivity index (χ4n) is 2.08. The summed E-state index contributed by atoms with van der Waals surface area (Å²) in [4.78, 5) is 4.59. The van der Waals surface area contributed by atoms with E-state index in [-0.39, 0.29) is 0 Å². The molecule has 0 aromatic heterocycles. The largest absolute Gasteiger partial charge is 0.493 e. The molecule has 1 aromatic rings. The van der Waals surface area contributed by atoms with Crippen molar-refractivity contribution in [2.24, 2.45) is 4.99 Å². The van der Waals surface area contributed by atoms with Gasteiger partial charge >= 0.3 is 0 Å². The van der Waals surface area contributed by atoms with Crippen molar-refractivity contribution in [3.8, 4) is 11.5 Å². The molecule has 0 saturated heterocycles. The van der Waals surface area contributed by atoms with Gasteiger partial charge in [0.1, 0.15) is 0 Å². The lowest BCUT2D eigenvalue weighted by Crippen LogP contribution is -2.30. The average Bonchev–Trinajstić information content (AvgIpc) is 2.57. The maximum Gasteiger partial charge on any atom is 0.195 e. The van der Waals surface area contributed by atoms with Gasteiger partial charge in [-0.3, -0.25) is 4.99 Å². The number of benzene rings is 1. The number of guanidine groups is 1. The van der Waals surface area contributed by atoms with E-state index in [1.807, 2.05) is 25.1 Å². The van der Waals surface area contributed by atoms with E-state index in [1.54, 1.807) is 21.3 Å². The van der Waals surface area contributed by atoms with Crippen molar-refractivity contribution in [3.63, 3.8) is 0 Å². The lowest BCUT2D eigenvalue weighted by Gasteiger charge is -2.13. The molecule has 1 aromatic carbocycles. The van der Waals surface area contributed by atoms with Crippen molar-refractivity contribution in [3.05, 3.63) is 18.2 Å². The predicted molar refractivity (Wildman–Crippen MR) is 94.9 cm³/mol. The van der Waals surface area contributed by atoms with E-state index >= 15 is 0 Å². The number of anilines is 1. The second kappa shape index (κ2) is 11.6. The Balaban J connectivity index is 2.60. The number of hydrogen-bond acceptors (Lipinski definition) is 4. The number of nitrogens with one attached hydrogen (secondary N) is 2. The van der Waals surface area contributed by atoms with Gasteiger partial charge < -0.3 is 24.8 Å². The summed E-state index contributed by atoms with van der Waals surface area (Å²) in [6, 6.07) is 5.70. The first kappa shape index (κ1) is 19.1. The minimum atomic E-state index is 0.688. The van der Waals surface area contributed by atoms with Gasteiger partial charge in [-0.25, -0.2) is 0 Å². The van der Waals surface area contributed by atoms with Crippen LogP contribution in [0.1, 0.15) is 26.2 Å². The molecular formula is C17H29N3O3. The second-order valence-electron chi connectivity index (χ2n) is 5.01. The monoisotopic (exact) mass is 323 g/mol. The van der Waals surface area contributed by atoms with E-state index < -0.39 is 0 Å². The Morgan fingerprint density at radius 3 is 2.48 bits per heavy atom. The smallest absolute Gasteiger partial charge is 0.195 e. The zero-order valence-corrected chi connectivity index (χ0v) is 14.6. The van der Waals surface area contributed by atoms with Crippen LogP contribution in [0.25, 0.3) is 0 Å². The maximum atomic E-state index is 5.32. The third-order valence-corrected chi connectivity index (χ3v) is 3.27. The molecule has 0 atom stereocenters. The molecule has 0 unspecified atom stereocenters. The van der Waals surface area contributed by atoms with Crippen LogP contribution >= 0.6 is 0 Å². The molecule has 6 heteroatoms. The molecule has 0 spiro atoms. The van der Waals surface area contributed by atoms with Crippen molar-refractivity contribution >= 4 is 11.6 Å². The van der Waals surface area contributed by atoms with Crippen molar-refractivity contribution in [2.45, 2.75) is 26.2 Å². The van der Waals surface area contributed by atoms with Crippen LogP contribution in [-0.2, 0) is 4.74 Å². The number of hydrogen-bond donors (Lipinski definition) is 2. The average molecular weight is 323 g/mol. The minimum absolute atomic E-state index is 0.688. The molecule has 0 aliphatic rings. The summed E-state index contributed by atoms with van der Waals surface area (Å²) in [6.45, 7) is 4.45. The molecule has 0 saturated carbocycles. The SMILES string of the molecule is CCNC(=NCCCCCOC)Nc1ccc(OC)c(OC)c1. The molecule has 130 valence electrons.